The van der Waals surface area contributed by atoms with Gasteiger partial charge in [-0.25, -0.2) is 0 Å². The lowest BCUT2D eigenvalue weighted by molar-refractivity contribution is -0.122. The Balaban J connectivity index is 1.88. The van der Waals surface area contributed by atoms with Crippen LogP contribution >= 0.6 is 23.1 Å². The van der Waals surface area contributed by atoms with Gasteiger partial charge in [0.15, 0.2) is 10.4 Å². The van der Waals surface area contributed by atoms with Crippen molar-refractivity contribution in [1.82, 2.24) is 10.2 Å². The number of aromatic nitrogens is 2. The Kier molecular flexibility index (Phi) is 6.21. The molecule has 1 aromatic heterocycles. The van der Waals surface area contributed by atoms with Gasteiger partial charge in [0, 0.05) is 5.75 Å². The molecule has 22 heavy (non-hydrogen) atoms. The Bertz CT molecular complexity index is 614. The van der Waals surface area contributed by atoms with Gasteiger partial charge >= 0.3 is 0 Å². The van der Waals surface area contributed by atoms with Crippen molar-refractivity contribution in [3.8, 4) is 5.75 Å². The smallest absolute Gasteiger partial charge is 0.266 e. The molecule has 0 unspecified atom stereocenters. The molecule has 1 N–H and O–H groups in total. The van der Waals surface area contributed by atoms with Gasteiger partial charge in [-0.15, -0.1) is 10.2 Å². The summed E-state index contributed by atoms with van der Waals surface area (Å²) in [5, 5.41) is 11.2. The molecular formula is C15H19N3O2S2. The van der Waals surface area contributed by atoms with Crippen LogP contribution in [0.4, 0.5) is 5.13 Å². The Morgan fingerprint density at radius 1 is 1.36 bits per heavy atom. The number of carbonyl (C=O) groups is 1. The van der Waals surface area contributed by atoms with E-state index in [1.165, 1.54) is 11.3 Å². The molecule has 118 valence electrons. The average molecular weight is 337 g/mol. The first-order valence-electron chi connectivity index (χ1n) is 7.09. The van der Waals surface area contributed by atoms with Crippen LogP contribution in [0.25, 0.3) is 0 Å². The zero-order valence-electron chi connectivity index (χ0n) is 12.8. The summed E-state index contributed by atoms with van der Waals surface area (Å²) in [6.07, 6.45) is 0.478. The molecule has 0 radical (unpaired) electrons. The van der Waals surface area contributed by atoms with E-state index < -0.39 is 6.10 Å². The molecular weight excluding hydrogens is 318 g/mol. The molecule has 1 atom stereocenters. The molecule has 0 aliphatic carbocycles. The van der Waals surface area contributed by atoms with E-state index in [9.17, 15) is 4.79 Å². The fourth-order valence-corrected chi connectivity index (χ4v) is 3.27. The molecule has 0 fully saturated rings. The Hall–Kier alpha value is -1.60. The summed E-state index contributed by atoms with van der Waals surface area (Å²) in [5.41, 5.74) is 1.15. The van der Waals surface area contributed by atoms with Crippen LogP contribution < -0.4 is 10.1 Å². The number of nitrogens with zero attached hydrogens (tertiary/aromatic N) is 2. The summed E-state index contributed by atoms with van der Waals surface area (Å²) in [5.74, 6) is 1.43. The predicted molar refractivity (Wildman–Crippen MR) is 90.8 cm³/mol. The Labute approximate surface area is 138 Å². The molecule has 1 amide bonds. The molecule has 1 aromatic carbocycles. The van der Waals surface area contributed by atoms with Gasteiger partial charge in [-0.1, -0.05) is 47.7 Å². The van der Waals surface area contributed by atoms with Crippen LogP contribution in [-0.4, -0.2) is 28.0 Å². The fraction of sp³-hybridized carbons (Fsp3) is 0.400. The van der Waals surface area contributed by atoms with E-state index in [0.717, 1.165) is 22.1 Å². The fourth-order valence-electron chi connectivity index (χ4n) is 1.59. The van der Waals surface area contributed by atoms with Crippen LogP contribution in [0.5, 0.6) is 5.75 Å². The molecule has 2 rings (SSSR count). The van der Waals surface area contributed by atoms with Crippen molar-refractivity contribution in [2.75, 3.05) is 11.1 Å². The van der Waals surface area contributed by atoms with Crippen LogP contribution in [0.2, 0.25) is 0 Å². The summed E-state index contributed by atoms with van der Waals surface area (Å²) in [4.78, 5) is 12.1. The Morgan fingerprint density at radius 3 is 2.77 bits per heavy atom. The van der Waals surface area contributed by atoms with Crippen LogP contribution in [0.1, 0.15) is 25.8 Å². The third kappa shape index (κ3) is 4.99. The van der Waals surface area contributed by atoms with E-state index in [4.69, 9.17) is 4.74 Å². The maximum absolute atomic E-state index is 12.1. The largest absolute Gasteiger partial charge is 0.481 e. The number of ether oxygens (including phenoxy) is 1. The van der Waals surface area contributed by atoms with E-state index in [1.54, 1.807) is 18.7 Å². The first-order chi connectivity index (χ1) is 10.6. The first-order valence-corrected chi connectivity index (χ1v) is 8.89. The van der Waals surface area contributed by atoms with Crippen molar-refractivity contribution in [2.24, 2.45) is 0 Å². The van der Waals surface area contributed by atoms with Gasteiger partial charge in [-0.3, -0.25) is 10.1 Å². The molecule has 0 bridgehead atoms. The number of thioether (sulfide) groups is 1. The molecule has 2 aromatic rings. The van der Waals surface area contributed by atoms with Crippen LogP contribution in [0.15, 0.2) is 28.6 Å². The maximum atomic E-state index is 12.1. The highest BCUT2D eigenvalue weighted by Crippen LogP contribution is 2.26. The second-order valence-electron chi connectivity index (χ2n) is 4.78. The van der Waals surface area contributed by atoms with Crippen LogP contribution in [0, 0.1) is 6.92 Å². The minimum Gasteiger partial charge on any atom is -0.481 e. The van der Waals surface area contributed by atoms with E-state index in [2.05, 4.69) is 22.4 Å². The number of amides is 1. The molecule has 0 spiro atoms. The van der Waals surface area contributed by atoms with Gasteiger partial charge in [0.05, 0.1) is 0 Å². The van der Waals surface area contributed by atoms with Crippen molar-refractivity contribution in [3.05, 3.63) is 29.8 Å². The van der Waals surface area contributed by atoms with E-state index >= 15 is 0 Å². The standard InChI is InChI=1S/C15H19N3O2S2/c1-4-9-21-15-18-17-14(22-15)16-13(19)11(3)20-12-7-5-10(2)6-8-12/h5-8,11H,4,9H2,1-3H3,(H,16,17,19)/t11-/m1/s1. The van der Waals surface area contributed by atoms with E-state index in [1.807, 2.05) is 31.2 Å². The lowest BCUT2D eigenvalue weighted by Gasteiger charge is -2.13. The SMILES string of the molecule is CCCSc1nnc(NC(=O)[C@@H](C)Oc2ccc(C)cc2)s1. The zero-order valence-corrected chi connectivity index (χ0v) is 14.5. The monoisotopic (exact) mass is 337 g/mol. The van der Waals surface area contributed by atoms with Gasteiger partial charge in [0.2, 0.25) is 5.13 Å². The third-order valence-electron chi connectivity index (χ3n) is 2.77. The minimum absolute atomic E-state index is 0.233. The molecule has 7 heteroatoms. The van der Waals surface area contributed by atoms with E-state index in [0.29, 0.717) is 10.9 Å². The van der Waals surface area contributed by atoms with Crippen molar-refractivity contribution in [3.63, 3.8) is 0 Å². The Morgan fingerprint density at radius 2 is 2.09 bits per heavy atom. The number of rotatable bonds is 7. The molecule has 1 heterocycles. The van der Waals surface area contributed by atoms with Crippen molar-refractivity contribution in [2.45, 2.75) is 37.6 Å². The van der Waals surface area contributed by atoms with Gasteiger partial charge in [0.1, 0.15) is 5.75 Å². The summed E-state index contributed by atoms with van der Waals surface area (Å²) in [6, 6.07) is 7.59. The van der Waals surface area contributed by atoms with Crippen molar-refractivity contribution in [1.29, 1.82) is 0 Å². The topological polar surface area (TPSA) is 64.1 Å². The first kappa shape index (κ1) is 16.8. The van der Waals surface area contributed by atoms with Crippen LogP contribution in [0.3, 0.4) is 0 Å². The van der Waals surface area contributed by atoms with Crippen molar-refractivity contribution < 1.29 is 9.53 Å². The highest BCUT2D eigenvalue weighted by molar-refractivity contribution is 8.01. The lowest BCUT2D eigenvalue weighted by Crippen LogP contribution is -2.30. The number of benzene rings is 1. The average Bonchev–Trinajstić information content (AvgIpc) is 2.95. The molecule has 0 saturated carbocycles. The molecule has 5 nitrogen and oxygen atoms in total. The van der Waals surface area contributed by atoms with Gasteiger partial charge in [0.25, 0.3) is 5.91 Å². The number of nitrogens with one attached hydrogen (secondary N) is 1. The lowest BCUT2D eigenvalue weighted by atomic mass is 10.2. The summed E-state index contributed by atoms with van der Waals surface area (Å²) in [7, 11) is 0. The van der Waals surface area contributed by atoms with Crippen molar-refractivity contribution >= 4 is 34.1 Å². The van der Waals surface area contributed by atoms with Gasteiger partial charge in [-0.05, 0) is 32.4 Å². The summed E-state index contributed by atoms with van der Waals surface area (Å²) in [6.45, 7) is 5.83. The highest BCUT2D eigenvalue weighted by Gasteiger charge is 2.17. The third-order valence-corrected chi connectivity index (χ3v) is 4.95. The van der Waals surface area contributed by atoms with Gasteiger partial charge < -0.3 is 4.74 Å². The normalized spacial score (nSPS) is 12.0. The highest BCUT2D eigenvalue weighted by atomic mass is 32.2. The number of hydrogen-bond acceptors (Lipinski definition) is 6. The summed E-state index contributed by atoms with van der Waals surface area (Å²) >= 11 is 3.02. The molecule has 0 saturated heterocycles. The minimum atomic E-state index is -0.599. The number of hydrogen-bond donors (Lipinski definition) is 1. The number of aryl methyl sites for hydroxylation is 1. The number of anilines is 1. The second kappa shape index (κ2) is 8.14. The van der Waals surface area contributed by atoms with Crippen LogP contribution in [-0.2, 0) is 4.79 Å². The van der Waals surface area contributed by atoms with Gasteiger partial charge in [-0.2, -0.15) is 0 Å². The summed E-state index contributed by atoms with van der Waals surface area (Å²) < 4.78 is 6.48. The molecule has 0 aliphatic heterocycles. The second-order valence-corrected chi connectivity index (χ2v) is 7.10. The number of carbonyl (C=O) groups excluding carboxylic acids is 1. The quantitative estimate of drug-likeness (QED) is 0.616. The zero-order chi connectivity index (χ0) is 15.9. The van der Waals surface area contributed by atoms with E-state index in [-0.39, 0.29) is 5.91 Å². The maximum Gasteiger partial charge on any atom is 0.266 e. The molecule has 0 aliphatic rings. The predicted octanol–water partition coefficient (Wildman–Crippen LogP) is 3.75.